The molecule has 0 fully saturated rings. The Morgan fingerprint density at radius 3 is 2.25 bits per heavy atom. The van der Waals surface area contributed by atoms with E-state index in [4.69, 9.17) is 21.1 Å². The van der Waals surface area contributed by atoms with Crippen molar-refractivity contribution >= 4 is 23.5 Å². The maximum absolute atomic E-state index is 11.4. The van der Waals surface area contributed by atoms with E-state index in [1.54, 1.807) is 20.8 Å². The first-order valence-electron chi connectivity index (χ1n) is 4.85. The van der Waals surface area contributed by atoms with Crippen LogP contribution in [-0.4, -0.2) is 29.5 Å². The molecule has 0 bridgehead atoms. The standard InChI is InChI=1S/C11H17ClO4/c1-7(6-15-10(14)8(2)12)9(13)16-11(3,4)5/h8H,1,6H2,2-5H3. The second-order valence-electron chi connectivity index (χ2n) is 4.33. The zero-order valence-electron chi connectivity index (χ0n) is 10.0. The van der Waals surface area contributed by atoms with E-state index >= 15 is 0 Å². The molecular formula is C11H17ClO4. The molecule has 0 rings (SSSR count). The first-order chi connectivity index (χ1) is 7.13. The fraction of sp³-hybridized carbons (Fsp3) is 0.636. The summed E-state index contributed by atoms with van der Waals surface area (Å²) < 4.78 is 9.76. The van der Waals surface area contributed by atoms with Gasteiger partial charge >= 0.3 is 11.9 Å². The Labute approximate surface area is 101 Å². The molecule has 4 nitrogen and oxygen atoms in total. The Morgan fingerprint density at radius 2 is 1.88 bits per heavy atom. The van der Waals surface area contributed by atoms with E-state index in [1.165, 1.54) is 6.92 Å². The van der Waals surface area contributed by atoms with Crippen LogP contribution in [0.1, 0.15) is 27.7 Å². The maximum atomic E-state index is 11.4. The van der Waals surface area contributed by atoms with Crippen molar-refractivity contribution in [1.82, 2.24) is 0 Å². The summed E-state index contributed by atoms with van der Waals surface area (Å²) in [6.45, 7) is 9.98. The Hall–Kier alpha value is -1.03. The molecule has 0 radical (unpaired) electrons. The third-order valence-electron chi connectivity index (χ3n) is 1.40. The quantitative estimate of drug-likeness (QED) is 0.434. The average molecular weight is 249 g/mol. The summed E-state index contributed by atoms with van der Waals surface area (Å²) in [7, 11) is 0. The molecule has 0 N–H and O–H groups in total. The lowest BCUT2D eigenvalue weighted by molar-refractivity contribution is -0.151. The SMILES string of the molecule is C=C(COC(=O)C(C)Cl)C(=O)OC(C)(C)C. The molecule has 5 heteroatoms. The molecule has 0 saturated heterocycles. The van der Waals surface area contributed by atoms with Crippen LogP contribution in [0.2, 0.25) is 0 Å². The van der Waals surface area contributed by atoms with E-state index in [0.29, 0.717) is 0 Å². The van der Waals surface area contributed by atoms with Crippen molar-refractivity contribution in [3.8, 4) is 0 Å². The van der Waals surface area contributed by atoms with Crippen LogP contribution in [0.4, 0.5) is 0 Å². The predicted molar refractivity (Wildman–Crippen MR) is 61.3 cm³/mol. The number of halogens is 1. The number of rotatable bonds is 4. The largest absolute Gasteiger partial charge is 0.459 e. The highest BCUT2D eigenvalue weighted by molar-refractivity contribution is 6.29. The maximum Gasteiger partial charge on any atom is 0.337 e. The van der Waals surface area contributed by atoms with Gasteiger partial charge in [0.15, 0.2) is 0 Å². The summed E-state index contributed by atoms with van der Waals surface area (Å²) in [5.41, 5.74) is -0.510. The molecule has 0 amide bonds. The Morgan fingerprint density at radius 1 is 1.38 bits per heavy atom. The van der Waals surface area contributed by atoms with Gasteiger partial charge < -0.3 is 9.47 Å². The van der Waals surface area contributed by atoms with Crippen LogP contribution in [0.25, 0.3) is 0 Å². The monoisotopic (exact) mass is 248 g/mol. The molecule has 16 heavy (non-hydrogen) atoms. The van der Waals surface area contributed by atoms with Crippen LogP contribution < -0.4 is 0 Å². The van der Waals surface area contributed by atoms with Gasteiger partial charge in [0.05, 0.1) is 5.57 Å². The zero-order chi connectivity index (χ0) is 12.9. The second-order valence-corrected chi connectivity index (χ2v) is 4.98. The summed E-state index contributed by atoms with van der Waals surface area (Å²) in [4.78, 5) is 22.4. The van der Waals surface area contributed by atoms with E-state index in [0.717, 1.165) is 0 Å². The van der Waals surface area contributed by atoms with Gasteiger partial charge in [-0.1, -0.05) is 6.58 Å². The van der Waals surface area contributed by atoms with Gasteiger partial charge in [0.1, 0.15) is 17.6 Å². The number of esters is 2. The minimum Gasteiger partial charge on any atom is -0.459 e. The van der Waals surface area contributed by atoms with Crippen LogP contribution >= 0.6 is 11.6 Å². The molecule has 0 aromatic rings. The molecule has 0 aliphatic carbocycles. The Balaban J connectivity index is 4.08. The summed E-state index contributed by atoms with van der Waals surface area (Å²) >= 11 is 5.48. The van der Waals surface area contributed by atoms with E-state index in [9.17, 15) is 9.59 Å². The highest BCUT2D eigenvalue weighted by Crippen LogP contribution is 2.10. The lowest BCUT2D eigenvalue weighted by Crippen LogP contribution is -2.26. The van der Waals surface area contributed by atoms with Crippen molar-refractivity contribution in [2.24, 2.45) is 0 Å². The van der Waals surface area contributed by atoms with Gasteiger partial charge in [0, 0.05) is 0 Å². The van der Waals surface area contributed by atoms with Crippen LogP contribution in [-0.2, 0) is 19.1 Å². The normalized spacial score (nSPS) is 12.8. The van der Waals surface area contributed by atoms with Crippen molar-refractivity contribution in [2.75, 3.05) is 6.61 Å². The molecule has 92 valence electrons. The lowest BCUT2D eigenvalue weighted by Gasteiger charge is -2.20. The second kappa shape index (κ2) is 5.89. The fourth-order valence-electron chi connectivity index (χ4n) is 0.682. The Bertz CT molecular complexity index is 289. The smallest absolute Gasteiger partial charge is 0.337 e. The van der Waals surface area contributed by atoms with E-state index < -0.39 is 22.9 Å². The van der Waals surface area contributed by atoms with Crippen molar-refractivity contribution < 1.29 is 19.1 Å². The first-order valence-corrected chi connectivity index (χ1v) is 5.29. The molecule has 0 aromatic heterocycles. The van der Waals surface area contributed by atoms with Crippen molar-refractivity contribution in [2.45, 2.75) is 38.7 Å². The number of hydrogen-bond donors (Lipinski definition) is 0. The highest BCUT2D eigenvalue weighted by Gasteiger charge is 2.20. The zero-order valence-corrected chi connectivity index (χ0v) is 10.8. The molecular weight excluding hydrogens is 232 g/mol. The third-order valence-corrected chi connectivity index (χ3v) is 1.58. The van der Waals surface area contributed by atoms with E-state index in [2.05, 4.69) is 6.58 Å². The molecule has 1 unspecified atom stereocenters. The summed E-state index contributed by atoms with van der Waals surface area (Å²) in [5, 5.41) is -0.744. The van der Waals surface area contributed by atoms with Crippen LogP contribution in [0.3, 0.4) is 0 Å². The topological polar surface area (TPSA) is 52.6 Å². The highest BCUT2D eigenvalue weighted by atomic mass is 35.5. The first kappa shape index (κ1) is 15.0. The summed E-state index contributed by atoms with van der Waals surface area (Å²) in [6.07, 6.45) is 0. The number of hydrogen-bond acceptors (Lipinski definition) is 4. The van der Waals surface area contributed by atoms with Crippen LogP contribution in [0.15, 0.2) is 12.2 Å². The molecule has 0 aliphatic heterocycles. The van der Waals surface area contributed by atoms with Crippen LogP contribution in [0, 0.1) is 0 Å². The van der Waals surface area contributed by atoms with E-state index in [-0.39, 0.29) is 12.2 Å². The number of carbonyl (C=O) groups excluding carboxylic acids is 2. The van der Waals surface area contributed by atoms with Crippen molar-refractivity contribution in [3.63, 3.8) is 0 Å². The number of alkyl halides is 1. The van der Waals surface area contributed by atoms with Gasteiger partial charge in [-0.25, -0.2) is 4.79 Å². The van der Waals surface area contributed by atoms with Gasteiger partial charge in [-0.15, -0.1) is 11.6 Å². The van der Waals surface area contributed by atoms with Gasteiger partial charge in [0.2, 0.25) is 0 Å². The predicted octanol–water partition coefficient (Wildman–Crippen LogP) is 2.05. The minimum atomic E-state index is -0.744. The minimum absolute atomic E-state index is 0.0839. The number of carbonyl (C=O) groups is 2. The molecule has 1 atom stereocenters. The molecule has 0 aliphatic rings. The van der Waals surface area contributed by atoms with Gasteiger partial charge in [-0.2, -0.15) is 0 Å². The summed E-state index contributed by atoms with van der Waals surface area (Å²) in [5.74, 6) is -1.17. The molecule has 0 saturated carbocycles. The average Bonchev–Trinajstić information content (AvgIpc) is 2.10. The number of ether oxygens (including phenoxy) is 2. The van der Waals surface area contributed by atoms with Crippen molar-refractivity contribution in [1.29, 1.82) is 0 Å². The van der Waals surface area contributed by atoms with E-state index in [1.807, 2.05) is 0 Å². The summed E-state index contributed by atoms with van der Waals surface area (Å²) in [6, 6.07) is 0. The Kier molecular flexibility index (Phi) is 5.51. The third kappa shape index (κ3) is 6.45. The van der Waals surface area contributed by atoms with Gasteiger partial charge in [-0.05, 0) is 27.7 Å². The fourth-order valence-corrected chi connectivity index (χ4v) is 0.745. The van der Waals surface area contributed by atoms with Crippen molar-refractivity contribution in [3.05, 3.63) is 12.2 Å². The van der Waals surface area contributed by atoms with Gasteiger partial charge in [-0.3, -0.25) is 4.79 Å². The molecule has 0 heterocycles. The van der Waals surface area contributed by atoms with Crippen LogP contribution in [0.5, 0.6) is 0 Å². The van der Waals surface area contributed by atoms with Gasteiger partial charge in [0.25, 0.3) is 0 Å². The molecule has 0 aromatic carbocycles. The lowest BCUT2D eigenvalue weighted by atomic mass is 10.2. The molecule has 0 spiro atoms.